The third kappa shape index (κ3) is 2.24. The van der Waals surface area contributed by atoms with Crippen LogP contribution in [-0.2, 0) is 28.9 Å². The zero-order valence-corrected chi connectivity index (χ0v) is 8.71. The Balaban J connectivity index is 2.28. The lowest BCUT2D eigenvalue weighted by Crippen LogP contribution is -2.25. The van der Waals surface area contributed by atoms with Gasteiger partial charge in [0.2, 0.25) is 0 Å². The number of H-pyrrole nitrogens is 1. The summed E-state index contributed by atoms with van der Waals surface area (Å²) in [5, 5.41) is 0. The molecule has 2 heterocycles. The van der Waals surface area contributed by atoms with Crippen LogP contribution in [0.1, 0.15) is 17.1 Å². The Labute approximate surface area is 87.4 Å². The van der Waals surface area contributed by atoms with Crippen LogP contribution >= 0.6 is 0 Å². The van der Waals surface area contributed by atoms with Gasteiger partial charge in [0.25, 0.3) is 5.56 Å². The van der Waals surface area contributed by atoms with Crippen LogP contribution in [0.5, 0.6) is 0 Å². The van der Waals surface area contributed by atoms with Gasteiger partial charge < -0.3 is 14.5 Å². The molecule has 0 atom stereocenters. The molecule has 1 aromatic rings. The molecule has 15 heavy (non-hydrogen) atoms. The second-order valence-electron chi connectivity index (χ2n) is 3.48. The van der Waals surface area contributed by atoms with E-state index in [2.05, 4.69) is 9.97 Å². The number of hydrogen-bond donors (Lipinski definition) is 1. The van der Waals surface area contributed by atoms with Crippen molar-refractivity contribution in [2.45, 2.75) is 19.4 Å². The number of ether oxygens (including phenoxy) is 2. The maximum atomic E-state index is 11.6. The number of aromatic nitrogens is 2. The third-order valence-electron chi connectivity index (χ3n) is 2.42. The van der Waals surface area contributed by atoms with Gasteiger partial charge in [-0.25, -0.2) is 4.98 Å². The Morgan fingerprint density at radius 1 is 1.60 bits per heavy atom. The second-order valence-corrected chi connectivity index (χ2v) is 3.48. The lowest BCUT2D eigenvalue weighted by Gasteiger charge is -2.15. The fourth-order valence-corrected chi connectivity index (χ4v) is 1.61. The van der Waals surface area contributed by atoms with Crippen molar-refractivity contribution in [3.63, 3.8) is 0 Å². The first-order valence-electron chi connectivity index (χ1n) is 4.99. The number of rotatable bonds is 3. The molecule has 5 heteroatoms. The van der Waals surface area contributed by atoms with E-state index in [0.29, 0.717) is 37.6 Å². The number of methoxy groups -OCH3 is 1. The zero-order valence-electron chi connectivity index (χ0n) is 8.71. The van der Waals surface area contributed by atoms with Crippen LogP contribution in [0.2, 0.25) is 0 Å². The summed E-state index contributed by atoms with van der Waals surface area (Å²) in [4.78, 5) is 18.8. The maximum Gasteiger partial charge on any atom is 0.256 e. The van der Waals surface area contributed by atoms with Gasteiger partial charge in [0.1, 0.15) is 5.82 Å². The number of nitrogens with zero attached hydrogens (tertiary/aromatic N) is 1. The standard InChI is InChI=1S/C10H14N2O3/c1-14-4-3-9-11-8-2-5-15-6-7(8)10(13)12-9/h2-6H2,1H3,(H,11,12,13). The van der Waals surface area contributed by atoms with Crippen molar-refractivity contribution in [3.05, 3.63) is 27.4 Å². The Morgan fingerprint density at radius 3 is 3.27 bits per heavy atom. The molecular formula is C10H14N2O3. The third-order valence-corrected chi connectivity index (χ3v) is 2.42. The minimum atomic E-state index is -0.0780. The molecule has 0 fully saturated rings. The molecule has 2 rings (SSSR count). The summed E-state index contributed by atoms with van der Waals surface area (Å²) in [5.41, 5.74) is 1.46. The van der Waals surface area contributed by atoms with Gasteiger partial charge in [-0.1, -0.05) is 0 Å². The first kappa shape index (κ1) is 10.3. The van der Waals surface area contributed by atoms with E-state index in [1.54, 1.807) is 7.11 Å². The van der Waals surface area contributed by atoms with Gasteiger partial charge in [-0.05, 0) is 0 Å². The Bertz CT molecular complexity index is 400. The van der Waals surface area contributed by atoms with Crippen LogP contribution in [-0.4, -0.2) is 30.3 Å². The Morgan fingerprint density at radius 2 is 2.47 bits per heavy atom. The molecule has 0 radical (unpaired) electrons. The highest BCUT2D eigenvalue weighted by Crippen LogP contribution is 2.09. The van der Waals surface area contributed by atoms with Gasteiger partial charge in [-0.15, -0.1) is 0 Å². The van der Waals surface area contributed by atoms with Crippen molar-refractivity contribution in [2.24, 2.45) is 0 Å². The van der Waals surface area contributed by atoms with Crippen LogP contribution in [0.25, 0.3) is 0 Å². The van der Waals surface area contributed by atoms with Crippen LogP contribution in [0.3, 0.4) is 0 Å². The number of hydrogen-bond acceptors (Lipinski definition) is 4. The Kier molecular flexibility index (Phi) is 3.13. The molecule has 1 aromatic heterocycles. The molecule has 82 valence electrons. The summed E-state index contributed by atoms with van der Waals surface area (Å²) >= 11 is 0. The van der Waals surface area contributed by atoms with Crippen molar-refractivity contribution in [1.82, 2.24) is 9.97 Å². The summed E-state index contributed by atoms with van der Waals surface area (Å²) in [6, 6.07) is 0. The summed E-state index contributed by atoms with van der Waals surface area (Å²) in [5.74, 6) is 0.697. The first-order valence-corrected chi connectivity index (χ1v) is 4.99. The lowest BCUT2D eigenvalue weighted by atomic mass is 10.1. The minimum absolute atomic E-state index is 0.0780. The van der Waals surface area contributed by atoms with Crippen LogP contribution in [0, 0.1) is 0 Å². The van der Waals surface area contributed by atoms with Gasteiger partial charge in [-0.2, -0.15) is 0 Å². The molecule has 1 aliphatic rings. The smallest absolute Gasteiger partial charge is 0.256 e. The zero-order chi connectivity index (χ0) is 10.7. The topological polar surface area (TPSA) is 64.2 Å². The molecule has 0 amide bonds. The van der Waals surface area contributed by atoms with Gasteiger partial charge in [0, 0.05) is 20.0 Å². The summed E-state index contributed by atoms with van der Waals surface area (Å²) < 4.78 is 10.2. The van der Waals surface area contributed by atoms with Gasteiger partial charge in [-0.3, -0.25) is 4.79 Å². The van der Waals surface area contributed by atoms with E-state index in [-0.39, 0.29) is 5.56 Å². The number of fused-ring (bicyclic) bond motifs is 1. The van der Waals surface area contributed by atoms with Gasteiger partial charge in [0.15, 0.2) is 0 Å². The molecule has 5 nitrogen and oxygen atoms in total. The maximum absolute atomic E-state index is 11.6. The predicted octanol–water partition coefficient (Wildman–Crippen LogP) is 0.0315. The highest BCUT2D eigenvalue weighted by molar-refractivity contribution is 5.19. The van der Waals surface area contributed by atoms with Crippen LogP contribution in [0.4, 0.5) is 0 Å². The van der Waals surface area contributed by atoms with Crippen molar-refractivity contribution in [1.29, 1.82) is 0 Å². The summed E-state index contributed by atoms with van der Waals surface area (Å²) in [6.07, 6.45) is 1.36. The van der Waals surface area contributed by atoms with Crippen LogP contribution < -0.4 is 5.56 Å². The van der Waals surface area contributed by atoms with Crippen molar-refractivity contribution in [3.8, 4) is 0 Å². The molecule has 0 aliphatic carbocycles. The second kappa shape index (κ2) is 4.55. The molecular weight excluding hydrogens is 196 g/mol. The fraction of sp³-hybridized carbons (Fsp3) is 0.600. The fourth-order valence-electron chi connectivity index (χ4n) is 1.61. The molecule has 1 N–H and O–H groups in total. The van der Waals surface area contributed by atoms with E-state index >= 15 is 0 Å². The highest BCUT2D eigenvalue weighted by atomic mass is 16.5. The SMILES string of the molecule is COCCc1nc2c(c(=O)[nH]1)COCC2. The summed E-state index contributed by atoms with van der Waals surface area (Å²) in [6.45, 7) is 1.59. The van der Waals surface area contributed by atoms with E-state index in [0.717, 1.165) is 12.1 Å². The van der Waals surface area contributed by atoms with Gasteiger partial charge >= 0.3 is 0 Å². The largest absolute Gasteiger partial charge is 0.384 e. The van der Waals surface area contributed by atoms with E-state index in [1.165, 1.54) is 0 Å². The molecule has 1 aliphatic heterocycles. The van der Waals surface area contributed by atoms with E-state index < -0.39 is 0 Å². The quantitative estimate of drug-likeness (QED) is 0.764. The minimum Gasteiger partial charge on any atom is -0.384 e. The average molecular weight is 210 g/mol. The van der Waals surface area contributed by atoms with Crippen molar-refractivity contribution in [2.75, 3.05) is 20.3 Å². The number of aromatic amines is 1. The van der Waals surface area contributed by atoms with E-state index in [1.807, 2.05) is 0 Å². The molecule has 0 aromatic carbocycles. The first-order chi connectivity index (χ1) is 7.31. The monoisotopic (exact) mass is 210 g/mol. The van der Waals surface area contributed by atoms with Crippen molar-refractivity contribution >= 4 is 0 Å². The van der Waals surface area contributed by atoms with Crippen LogP contribution in [0.15, 0.2) is 4.79 Å². The highest BCUT2D eigenvalue weighted by Gasteiger charge is 2.15. The molecule has 0 bridgehead atoms. The van der Waals surface area contributed by atoms with E-state index in [9.17, 15) is 4.79 Å². The Hall–Kier alpha value is -1.20. The molecule has 0 spiro atoms. The number of nitrogens with one attached hydrogen (secondary N) is 1. The van der Waals surface area contributed by atoms with Crippen molar-refractivity contribution < 1.29 is 9.47 Å². The molecule has 0 saturated carbocycles. The van der Waals surface area contributed by atoms with Gasteiger partial charge in [0.05, 0.1) is 31.1 Å². The lowest BCUT2D eigenvalue weighted by molar-refractivity contribution is 0.107. The predicted molar refractivity (Wildman–Crippen MR) is 53.8 cm³/mol. The normalized spacial score (nSPS) is 15.0. The molecule has 0 saturated heterocycles. The van der Waals surface area contributed by atoms with E-state index in [4.69, 9.17) is 9.47 Å². The summed E-state index contributed by atoms with van der Waals surface area (Å²) in [7, 11) is 1.63. The average Bonchev–Trinajstić information content (AvgIpc) is 2.26. The molecule has 0 unspecified atom stereocenters.